The van der Waals surface area contributed by atoms with Gasteiger partial charge in [-0.3, -0.25) is 4.98 Å². The van der Waals surface area contributed by atoms with Crippen molar-refractivity contribution in [1.29, 1.82) is 0 Å². The fourth-order valence-corrected chi connectivity index (χ4v) is 2.35. The smallest absolute Gasteiger partial charge is 0.0853 e. The second-order valence-corrected chi connectivity index (χ2v) is 4.50. The van der Waals surface area contributed by atoms with E-state index in [-0.39, 0.29) is 6.61 Å². The van der Waals surface area contributed by atoms with Crippen LogP contribution in [-0.4, -0.2) is 23.2 Å². The van der Waals surface area contributed by atoms with Gasteiger partial charge in [-0.15, -0.1) is 0 Å². The summed E-state index contributed by atoms with van der Waals surface area (Å²) in [6, 6.07) is 4.03. The van der Waals surface area contributed by atoms with Crippen molar-refractivity contribution in [2.75, 3.05) is 18.0 Å². The highest BCUT2D eigenvalue weighted by atomic mass is 16.3. The van der Waals surface area contributed by atoms with Gasteiger partial charge in [-0.2, -0.15) is 0 Å². The minimum Gasteiger partial charge on any atom is -0.390 e. The van der Waals surface area contributed by atoms with Gasteiger partial charge in [0, 0.05) is 25.0 Å². The number of hydrogen-bond donors (Lipinski definition) is 1. The van der Waals surface area contributed by atoms with Crippen LogP contribution in [0.25, 0.3) is 0 Å². The predicted octanol–water partition coefficient (Wildman–Crippen LogP) is 2.20. The molecule has 1 aliphatic heterocycles. The monoisotopic (exact) mass is 220 g/mol. The number of rotatable bonds is 3. The zero-order valence-corrected chi connectivity index (χ0v) is 9.89. The van der Waals surface area contributed by atoms with E-state index >= 15 is 0 Å². The van der Waals surface area contributed by atoms with Crippen LogP contribution < -0.4 is 4.90 Å². The number of aliphatic hydroxyl groups is 1. The Kier molecular flexibility index (Phi) is 3.78. The van der Waals surface area contributed by atoms with Crippen molar-refractivity contribution in [1.82, 2.24) is 4.98 Å². The van der Waals surface area contributed by atoms with Crippen molar-refractivity contribution in [3.8, 4) is 0 Å². The lowest BCUT2D eigenvalue weighted by molar-refractivity contribution is 0.277. The van der Waals surface area contributed by atoms with Crippen molar-refractivity contribution < 1.29 is 5.11 Å². The van der Waals surface area contributed by atoms with Gasteiger partial charge in [-0.05, 0) is 30.9 Å². The summed E-state index contributed by atoms with van der Waals surface area (Å²) in [7, 11) is 0. The number of aromatic nitrogens is 1. The van der Waals surface area contributed by atoms with Crippen LogP contribution >= 0.6 is 0 Å². The highest BCUT2D eigenvalue weighted by Gasteiger charge is 2.17. The van der Waals surface area contributed by atoms with E-state index in [2.05, 4.69) is 16.8 Å². The number of piperidine rings is 1. The van der Waals surface area contributed by atoms with Gasteiger partial charge in [0.05, 0.1) is 12.3 Å². The molecule has 0 unspecified atom stereocenters. The minimum atomic E-state index is 0.0270. The maximum absolute atomic E-state index is 9.06. The summed E-state index contributed by atoms with van der Waals surface area (Å²) >= 11 is 0. The van der Waals surface area contributed by atoms with E-state index in [1.807, 2.05) is 12.1 Å². The van der Waals surface area contributed by atoms with Crippen LogP contribution in [-0.2, 0) is 6.61 Å². The van der Waals surface area contributed by atoms with E-state index in [1.54, 1.807) is 6.20 Å². The van der Waals surface area contributed by atoms with E-state index in [0.29, 0.717) is 0 Å². The molecule has 2 rings (SSSR count). The number of nitrogens with zero attached hydrogens (tertiary/aromatic N) is 2. The Morgan fingerprint density at radius 2 is 2.19 bits per heavy atom. The Labute approximate surface area is 97.1 Å². The Hall–Kier alpha value is -1.09. The topological polar surface area (TPSA) is 36.4 Å². The van der Waals surface area contributed by atoms with Gasteiger partial charge in [-0.1, -0.05) is 13.3 Å². The van der Waals surface area contributed by atoms with Crippen LogP contribution in [0.3, 0.4) is 0 Å². The molecule has 0 amide bonds. The molecule has 0 radical (unpaired) electrons. The third-order valence-electron chi connectivity index (χ3n) is 3.52. The SMILES string of the molecule is CCC1CCN(c2ccnc(CO)c2)CC1. The first kappa shape index (κ1) is 11.4. The van der Waals surface area contributed by atoms with E-state index in [0.717, 1.165) is 24.7 Å². The molecular formula is C13H20N2O. The van der Waals surface area contributed by atoms with Gasteiger partial charge in [0.25, 0.3) is 0 Å². The summed E-state index contributed by atoms with van der Waals surface area (Å²) in [5, 5.41) is 9.06. The van der Waals surface area contributed by atoms with Gasteiger partial charge in [0.1, 0.15) is 0 Å². The van der Waals surface area contributed by atoms with Gasteiger partial charge in [0.15, 0.2) is 0 Å². The largest absolute Gasteiger partial charge is 0.390 e. The third kappa shape index (κ3) is 2.53. The maximum Gasteiger partial charge on any atom is 0.0853 e. The van der Waals surface area contributed by atoms with Crippen molar-refractivity contribution in [2.45, 2.75) is 32.8 Å². The zero-order chi connectivity index (χ0) is 11.4. The molecule has 0 saturated carbocycles. The highest BCUT2D eigenvalue weighted by Crippen LogP contribution is 2.24. The number of aliphatic hydroxyl groups excluding tert-OH is 1. The van der Waals surface area contributed by atoms with E-state index in [1.165, 1.54) is 24.9 Å². The van der Waals surface area contributed by atoms with Crippen LogP contribution in [0.15, 0.2) is 18.3 Å². The Balaban J connectivity index is 2.02. The molecule has 1 aromatic rings. The van der Waals surface area contributed by atoms with Gasteiger partial charge in [0.2, 0.25) is 0 Å². The molecule has 3 heteroatoms. The summed E-state index contributed by atoms with van der Waals surface area (Å²) in [5.74, 6) is 0.899. The average molecular weight is 220 g/mol. The molecule has 3 nitrogen and oxygen atoms in total. The molecule has 88 valence electrons. The molecule has 0 bridgehead atoms. The van der Waals surface area contributed by atoms with E-state index in [9.17, 15) is 0 Å². The van der Waals surface area contributed by atoms with Crippen molar-refractivity contribution >= 4 is 5.69 Å². The molecule has 0 aliphatic carbocycles. The highest BCUT2D eigenvalue weighted by molar-refractivity contribution is 5.46. The van der Waals surface area contributed by atoms with Crippen molar-refractivity contribution in [3.63, 3.8) is 0 Å². The summed E-state index contributed by atoms with van der Waals surface area (Å²) in [6.07, 6.45) is 5.65. The quantitative estimate of drug-likeness (QED) is 0.848. The molecular weight excluding hydrogens is 200 g/mol. The normalized spacial score (nSPS) is 17.8. The van der Waals surface area contributed by atoms with Crippen LogP contribution in [0.2, 0.25) is 0 Å². The Morgan fingerprint density at radius 3 is 2.81 bits per heavy atom. The fraction of sp³-hybridized carbons (Fsp3) is 0.615. The number of hydrogen-bond acceptors (Lipinski definition) is 3. The van der Waals surface area contributed by atoms with Gasteiger partial charge < -0.3 is 10.0 Å². The molecule has 0 atom stereocenters. The second kappa shape index (κ2) is 5.30. The van der Waals surface area contributed by atoms with Crippen LogP contribution in [0.1, 0.15) is 31.9 Å². The molecule has 2 heterocycles. The van der Waals surface area contributed by atoms with Gasteiger partial charge in [-0.25, -0.2) is 0 Å². The fourth-order valence-electron chi connectivity index (χ4n) is 2.35. The minimum absolute atomic E-state index is 0.0270. The lowest BCUT2D eigenvalue weighted by Gasteiger charge is -2.33. The molecule has 1 N–H and O–H groups in total. The van der Waals surface area contributed by atoms with Crippen molar-refractivity contribution in [2.24, 2.45) is 5.92 Å². The standard InChI is InChI=1S/C13H20N2O/c1-2-11-4-7-15(8-5-11)13-3-6-14-12(9-13)10-16/h3,6,9,11,16H,2,4-5,7-8,10H2,1H3. The lowest BCUT2D eigenvalue weighted by atomic mass is 9.94. The second-order valence-electron chi connectivity index (χ2n) is 4.50. The summed E-state index contributed by atoms with van der Waals surface area (Å²) in [4.78, 5) is 6.50. The predicted molar refractivity (Wildman–Crippen MR) is 65.4 cm³/mol. The van der Waals surface area contributed by atoms with Crippen LogP contribution in [0.5, 0.6) is 0 Å². The number of anilines is 1. The molecule has 1 saturated heterocycles. The Morgan fingerprint density at radius 1 is 1.44 bits per heavy atom. The number of pyridine rings is 1. The first-order valence-corrected chi connectivity index (χ1v) is 6.14. The molecule has 0 aromatic carbocycles. The summed E-state index contributed by atoms with van der Waals surface area (Å²) < 4.78 is 0. The van der Waals surface area contributed by atoms with Crippen LogP contribution in [0, 0.1) is 5.92 Å². The van der Waals surface area contributed by atoms with E-state index < -0.39 is 0 Å². The Bertz CT molecular complexity index is 332. The van der Waals surface area contributed by atoms with Crippen LogP contribution in [0.4, 0.5) is 5.69 Å². The maximum atomic E-state index is 9.06. The summed E-state index contributed by atoms with van der Waals surface area (Å²) in [5.41, 5.74) is 1.96. The third-order valence-corrected chi connectivity index (χ3v) is 3.52. The van der Waals surface area contributed by atoms with E-state index in [4.69, 9.17) is 5.11 Å². The zero-order valence-electron chi connectivity index (χ0n) is 9.89. The molecule has 1 aromatic heterocycles. The average Bonchev–Trinajstić information content (AvgIpc) is 2.39. The van der Waals surface area contributed by atoms with Gasteiger partial charge >= 0.3 is 0 Å². The lowest BCUT2D eigenvalue weighted by Crippen LogP contribution is -2.33. The van der Waals surface area contributed by atoms with Crippen molar-refractivity contribution in [3.05, 3.63) is 24.0 Å². The first-order valence-electron chi connectivity index (χ1n) is 6.14. The first-order chi connectivity index (χ1) is 7.83. The molecule has 16 heavy (non-hydrogen) atoms. The molecule has 0 spiro atoms. The summed E-state index contributed by atoms with van der Waals surface area (Å²) in [6.45, 7) is 4.57. The molecule has 1 aliphatic rings. The molecule has 1 fully saturated rings.